The number of hydrogen-bond acceptors (Lipinski definition) is 2. The molecule has 0 heterocycles. The number of rotatable bonds is 5. The van der Waals surface area contributed by atoms with Crippen LogP contribution >= 0.6 is 0 Å². The third kappa shape index (κ3) is 3.36. The summed E-state index contributed by atoms with van der Waals surface area (Å²) in [5.41, 5.74) is 11.9. The van der Waals surface area contributed by atoms with E-state index in [-0.39, 0.29) is 0 Å². The van der Waals surface area contributed by atoms with Crippen molar-refractivity contribution in [2.75, 3.05) is 19.5 Å². The Morgan fingerprint density at radius 1 is 1.11 bits per heavy atom. The first-order valence-electron chi connectivity index (χ1n) is 6.65. The van der Waals surface area contributed by atoms with Crippen LogP contribution in [0.1, 0.15) is 17.5 Å². The quantitative estimate of drug-likeness (QED) is 0.651. The summed E-state index contributed by atoms with van der Waals surface area (Å²) in [5, 5.41) is 0. The van der Waals surface area contributed by atoms with Gasteiger partial charge >= 0.3 is 0 Å². The van der Waals surface area contributed by atoms with Crippen LogP contribution in [0.3, 0.4) is 0 Å². The minimum atomic E-state index is 0.772. The van der Waals surface area contributed by atoms with Gasteiger partial charge in [0, 0.05) is 19.4 Å². The molecule has 0 aliphatic carbocycles. The first-order valence-corrected chi connectivity index (χ1v) is 6.65. The van der Waals surface area contributed by atoms with Crippen molar-refractivity contribution in [1.29, 1.82) is 0 Å². The highest BCUT2D eigenvalue weighted by atomic mass is 16.5. The summed E-state index contributed by atoms with van der Waals surface area (Å²) in [5.74, 6) is 0. The van der Waals surface area contributed by atoms with E-state index in [0.29, 0.717) is 0 Å². The molecule has 19 heavy (non-hydrogen) atoms. The molecular formula is C17H21NO. The topological polar surface area (TPSA) is 35.2 Å². The standard InChI is InChI=1S/C17H21NO/c1-13-11-17(18)15(9-6-10-19-2)12-16(13)14-7-4-3-5-8-14/h3-5,7-8,11-12H,6,9-10,18H2,1-2H3. The summed E-state index contributed by atoms with van der Waals surface area (Å²) >= 11 is 0. The van der Waals surface area contributed by atoms with E-state index in [9.17, 15) is 0 Å². The zero-order valence-electron chi connectivity index (χ0n) is 11.6. The van der Waals surface area contributed by atoms with Crippen LogP contribution in [0.2, 0.25) is 0 Å². The van der Waals surface area contributed by atoms with Crippen molar-refractivity contribution in [3.8, 4) is 11.1 Å². The van der Waals surface area contributed by atoms with Crippen molar-refractivity contribution >= 4 is 5.69 Å². The van der Waals surface area contributed by atoms with E-state index in [1.165, 1.54) is 22.3 Å². The molecule has 0 saturated heterocycles. The van der Waals surface area contributed by atoms with Gasteiger partial charge in [0.1, 0.15) is 0 Å². The molecule has 0 atom stereocenters. The number of nitrogens with two attached hydrogens (primary N) is 1. The molecule has 0 aliphatic heterocycles. The lowest BCUT2D eigenvalue weighted by atomic mass is 9.95. The number of benzene rings is 2. The maximum atomic E-state index is 6.11. The summed E-state index contributed by atoms with van der Waals surface area (Å²) in [4.78, 5) is 0. The average molecular weight is 255 g/mol. The highest BCUT2D eigenvalue weighted by Gasteiger charge is 2.07. The third-order valence-electron chi connectivity index (χ3n) is 3.37. The fourth-order valence-electron chi connectivity index (χ4n) is 2.33. The zero-order valence-corrected chi connectivity index (χ0v) is 11.6. The van der Waals surface area contributed by atoms with Crippen molar-refractivity contribution in [2.24, 2.45) is 0 Å². The first-order chi connectivity index (χ1) is 9.22. The largest absolute Gasteiger partial charge is 0.398 e. The molecule has 2 N–H and O–H groups in total. The van der Waals surface area contributed by atoms with Gasteiger partial charge in [0.25, 0.3) is 0 Å². The highest BCUT2D eigenvalue weighted by Crippen LogP contribution is 2.28. The number of aryl methyl sites for hydroxylation is 2. The van der Waals surface area contributed by atoms with E-state index in [1.54, 1.807) is 7.11 Å². The highest BCUT2D eigenvalue weighted by molar-refractivity contribution is 5.71. The zero-order chi connectivity index (χ0) is 13.7. The van der Waals surface area contributed by atoms with E-state index in [1.807, 2.05) is 6.07 Å². The van der Waals surface area contributed by atoms with Crippen LogP contribution in [0, 0.1) is 6.92 Å². The predicted octanol–water partition coefficient (Wildman–Crippen LogP) is 3.82. The van der Waals surface area contributed by atoms with Gasteiger partial charge in [-0.15, -0.1) is 0 Å². The van der Waals surface area contributed by atoms with Crippen molar-refractivity contribution in [1.82, 2.24) is 0 Å². The molecule has 0 bridgehead atoms. The summed E-state index contributed by atoms with van der Waals surface area (Å²) in [6.07, 6.45) is 1.96. The Balaban J connectivity index is 2.31. The number of nitrogen functional groups attached to an aromatic ring is 1. The van der Waals surface area contributed by atoms with Gasteiger partial charge in [0.05, 0.1) is 0 Å². The lowest BCUT2D eigenvalue weighted by molar-refractivity contribution is 0.195. The molecule has 0 unspecified atom stereocenters. The van der Waals surface area contributed by atoms with Gasteiger partial charge in [-0.1, -0.05) is 30.3 Å². The van der Waals surface area contributed by atoms with Crippen LogP contribution in [0.15, 0.2) is 42.5 Å². The van der Waals surface area contributed by atoms with Crippen LogP contribution < -0.4 is 5.73 Å². The Morgan fingerprint density at radius 3 is 2.53 bits per heavy atom. The molecule has 0 amide bonds. The Morgan fingerprint density at radius 2 is 1.84 bits per heavy atom. The van der Waals surface area contributed by atoms with Gasteiger partial charge in [-0.05, 0) is 54.2 Å². The molecule has 100 valence electrons. The maximum absolute atomic E-state index is 6.11. The first kappa shape index (κ1) is 13.6. The second-order valence-electron chi connectivity index (χ2n) is 4.83. The van der Waals surface area contributed by atoms with Crippen LogP contribution in [0.25, 0.3) is 11.1 Å². The van der Waals surface area contributed by atoms with Gasteiger partial charge < -0.3 is 10.5 Å². The molecule has 2 nitrogen and oxygen atoms in total. The minimum Gasteiger partial charge on any atom is -0.398 e. The van der Waals surface area contributed by atoms with E-state index in [0.717, 1.165) is 25.1 Å². The monoisotopic (exact) mass is 255 g/mol. The van der Waals surface area contributed by atoms with Crippen LogP contribution in [-0.2, 0) is 11.2 Å². The lowest BCUT2D eigenvalue weighted by Crippen LogP contribution is -1.99. The normalized spacial score (nSPS) is 10.6. The molecule has 2 aromatic rings. The number of hydrogen-bond donors (Lipinski definition) is 1. The molecule has 2 aromatic carbocycles. The van der Waals surface area contributed by atoms with Crippen LogP contribution in [0.4, 0.5) is 5.69 Å². The molecule has 2 heteroatoms. The van der Waals surface area contributed by atoms with Gasteiger partial charge in [-0.3, -0.25) is 0 Å². The van der Waals surface area contributed by atoms with E-state index < -0.39 is 0 Å². The molecular weight excluding hydrogens is 234 g/mol. The summed E-state index contributed by atoms with van der Waals surface area (Å²) in [7, 11) is 1.73. The number of methoxy groups -OCH3 is 1. The molecule has 0 fully saturated rings. The maximum Gasteiger partial charge on any atom is 0.0465 e. The van der Waals surface area contributed by atoms with Gasteiger partial charge in [0.2, 0.25) is 0 Å². The van der Waals surface area contributed by atoms with Crippen LogP contribution in [-0.4, -0.2) is 13.7 Å². The number of anilines is 1. The van der Waals surface area contributed by atoms with E-state index >= 15 is 0 Å². The predicted molar refractivity (Wildman–Crippen MR) is 81.2 cm³/mol. The Bertz CT molecular complexity index is 534. The van der Waals surface area contributed by atoms with Gasteiger partial charge in [-0.25, -0.2) is 0 Å². The fourth-order valence-corrected chi connectivity index (χ4v) is 2.33. The number of ether oxygens (including phenoxy) is 1. The van der Waals surface area contributed by atoms with Crippen molar-refractivity contribution in [3.63, 3.8) is 0 Å². The molecule has 0 aliphatic rings. The average Bonchev–Trinajstić information content (AvgIpc) is 2.42. The lowest BCUT2D eigenvalue weighted by Gasteiger charge is -2.12. The molecule has 0 saturated carbocycles. The summed E-state index contributed by atoms with van der Waals surface area (Å²) in [6, 6.07) is 14.7. The summed E-state index contributed by atoms with van der Waals surface area (Å²) in [6.45, 7) is 2.88. The van der Waals surface area contributed by atoms with E-state index in [2.05, 4.69) is 43.3 Å². The fraction of sp³-hybridized carbons (Fsp3) is 0.294. The smallest absolute Gasteiger partial charge is 0.0465 e. The molecule has 2 rings (SSSR count). The summed E-state index contributed by atoms with van der Waals surface area (Å²) < 4.78 is 5.10. The van der Waals surface area contributed by atoms with Crippen molar-refractivity contribution in [3.05, 3.63) is 53.6 Å². The second kappa shape index (κ2) is 6.39. The molecule has 0 spiro atoms. The van der Waals surface area contributed by atoms with Crippen molar-refractivity contribution < 1.29 is 4.74 Å². The Labute approximate surface area is 115 Å². The van der Waals surface area contributed by atoms with E-state index in [4.69, 9.17) is 10.5 Å². The third-order valence-corrected chi connectivity index (χ3v) is 3.37. The minimum absolute atomic E-state index is 0.772. The second-order valence-corrected chi connectivity index (χ2v) is 4.83. The molecule has 0 radical (unpaired) electrons. The van der Waals surface area contributed by atoms with Gasteiger partial charge in [0.15, 0.2) is 0 Å². The Kier molecular flexibility index (Phi) is 4.58. The Hall–Kier alpha value is -1.80. The van der Waals surface area contributed by atoms with Crippen LogP contribution in [0.5, 0.6) is 0 Å². The van der Waals surface area contributed by atoms with Crippen molar-refractivity contribution in [2.45, 2.75) is 19.8 Å². The van der Waals surface area contributed by atoms with Gasteiger partial charge in [-0.2, -0.15) is 0 Å². The molecule has 0 aromatic heterocycles. The SMILES string of the molecule is COCCCc1cc(-c2ccccc2)c(C)cc1N.